The fourth-order valence-electron chi connectivity index (χ4n) is 3.78. The normalized spacial score (nSPS) is 23.8. The maximum atomic E-state index is 13.7. The monoisotopic (exact) mass is 551 g/mol. The van der Waals surface area contributed by atoms with Crippen LogP contribution in [0.3, 0.4) is 0 Å². The fraction of sp³-hybridized carbons (Fsp3) is 0.455. The molecule has 7 N–H and O–H groups in total. The lowest BCUT2D eigenvalue weighted by molar-refractivity contribution is -0.149. The second-order valence-electron chi connectivity index (χ2n) is 8.85. The van der Waals surface area contributed by atoms with Gasteiger partial charge in [0.25, 0.3) is 0 Å². The lowest BCUT2D eigenvalue weighted by atomic mass is 10.1. The Morgan fingerprint density at radius 2 is 1.89 bits per heavy atom. The first-order valence-electron chi connectivity index (χ1n) is 11.7. The summed E-state index contributed by atoms with van der Waals surface area (Å²) in [7, 11) is -4.23. The minimum absolute atomic E-state index is 0.0727. The molecule has 6 atom stereocenters. The molecule has 1 aliphatic rings. The Balaban J connectivity index is 1.53. The van der Waals surface area contributed by atoms with Crippen molar-refractivity contribution in [3.05, 3.63) is 36.7 Å². The molecule has 206 valence electrons. The van der Waals surface area contributed by atoms with Gasteiger partial charge in [0.2, 0.25) is 5.95 Å². The van der Waals surface area contributed by atoms with Crippen LogP contribution >= 0.6 is 7.75 Å². The van der Waals surface area contributed by atoms with Crippen molar-refractivity contribution >= 4 is 36.6 Å². The van der Waals surface area contributed by atoms with Crippen LogP contribution < -0.4 is 21.1 Å². The molecule has 16 heteroatoms. The summed E-state index contributed by atoms with van der Waals surface area (Å²) in [6, 6.07) is 7.10. The first-order valence-corrected chi connectivity index (χ1v) is 13.3. The van der Waals surface area contributed by atoms with Gasteiger partial charge < -0.3 is 35.7 Å². The Labute approximate surface area is 217 Å². The van der Waals surface area contributed by atoms with Crippen LogP contribution in [0.2, 0.25) is 0 Å². The molecule has 1 saturated heterocycles. The number of benzene rings is 1. The van der Waals surface area contributed by atoms with E-state index in [1.165, 1.54) is 17.8 Å². The molecule has 1 aliphatic heterocycles. The molecule has 4 rings (SSSR count). The summed E-state index contributed by atoms with van der Waals surface area (Å²) in [6.45, 7) is 4.30. The van der Waals surface area contributed by atoms with E-state index in [4.69, 9.17) is 30.0 Å². The second kappa shape index (κ2) is 11.2. The van der Waals surface area contributed by atoms with E-state index in [9.17, 15) is 19.6 Å². The van der Waals surface area contributed by atoms with Gasteiger partial charge in [-0.15, -0.1) is 0 Å². The van der Waals surface area contributed by atoms with E-state index in [1.54, 1.807) is 44.2 Å². The highest BCUT2D eigenvalue weighted by Gasteiger charge is 2.46. The fourth-order valence-corrected chi connectivity index (χ4v) is 5.28. The number of nitrogens with zero attached hydrogens (tertiary/aromatic N) is 4. The van der Waals surface area contributed by atoms with Crippen LogP contribution in [0.1, 0.15) is 27.0 Å². The van der Waals surface area contributed by atoms with E-state index in [0.717, 1.165) is 0 Å². The Kier molecular flexibility index (Phi) is 8.16. The van der Waals surface area contributed by atoms with E-state index >= 15 is 0 Å². The Hall–Kier alpha value is -3.33. The van der Waals surface area contributed by atoms with E-state index in [1.807, 2.05) is 0 Å². The largest absolute Gasteiger partial charge is 0.462 e. The third-order valence-corrected chi connectivity index (χ3v) is 7.20. The molecule has 0 amide bonds. The Morgan fingerprint density at radius 1 is 1.18 bits per heavy atom. The van der Waals surface area contributed by atoms with Gasteiger partial charge in [-0.1, -0.05) is 18.2 Å². The van der Waals surface area contributed by atoms with Crippen LogP contribution in [0.25, 0.3) is 11.2 Å². The maximum absolute atomic E-state index is 13.7. The molecule has 1 unspecified atom stereocenters. The number of fused-ring (bicyclic) bond motifs is 1. The van der Waals surface area contributed by atoms with Crippen LogP contribution in [0, 0.1) is 0 Å². The summed E-state index contributed by atoms with van der Waals surface area (Å²) in [5.41, 5.74) is 12.2. The van der Waals surface area contributed by atoms with Crippen molar-refractivity contribution in [2.24, 2.45) is 0 Å². The number of anilines is 2. The zero-order valence-corrected chi connectivity index (χ0v) is 21.8. The SMILES string of the molecule is CC(C)OC(=O)[C@@H](C)NP(=O)(OC[C@H]1O[C@@H](n2c(N)nc3c(N)ncnc32)[C@H](O)[C@@H]1O)Oc1ccccc1. The smallest absolute Gasteiger partial charge is 0.459 e. The van der Waals surface area contributed by atoms with Crippen LogP contribution in [0.4, 0.5) is 11.8 Å². The molecule has 2 aromatic heterocycles. The van der Waals surface area contributed by atoms with Crippen molar-refractivity contribution in [1.29, 1.82) is 0 Å². The van der Waals surface area contributed by atoms with Crippen LogP contribution in [-0.2, 0) is 23.4 Å². The number of hydrogen-bond acceptors (Lipinski definition) is 13. The van der Waals surface area contributed by atoms with Gasteiger partial charge in [-0.25, -0.2) is 19.5 Å². The molecule has 0 spiro atoms. The third kappa shape index (κ3) is 5.88. The van der Waals surface area contributed by atoms with E-state index < -0.39 is 57.0 Å². The van der Waals surface area contributed by atoms with Crippen molar-refractivity contribution in [1.82, 2.24) is 24.6 Å². The molecule has 15 nitrogen and oxygen atoms in total. The zero-order valence-electron chi connectivity index (χ0n) is 20.9. The number of aromatic nitrogens is 4. The van der Waals surface area contributed by atoms with Crippen molar-refractivity contribution in [3.8, 4) is 5.75 Å². The van der Waals surface area contributed by atoms with Crippen LogP contribution in [-0.4, -0.2) is 72.8 Å². The quantitative estimate of drug-likeness (QED) is 0.173. The highest BCUT2D eigenvalue weighted by atomic mass is 31.2. The molecular formula is C22H30N7O8P. The minimum atomic E-state index is -4.23. The number of esters is 1. The molecule has 0 bridgehead atoms. The number of nitrogen functional groups attached to an aromatic ring is 2. The number of nitrogens with two attached hydrogens (primary N) is 2. The Morgan fingerprint density at radius 3 is 2.58 bits per heavy atom. The molecule has 38 heavy (non-hydrogen) atoms. The number of aliphatic hydroxyl groups excluding tert-OH is 2. The summed E-state index contributed by atoms with van der Waals surface area (Å²) >= 11 is 0. The minimum Gasteiger partial charge on any atom is -0.462 e. The first kappa shape index (κ1) is 27.7. The highest BCUT2D eigenvalue weighted by Crippen LogP contribution is 2.46. The van der Waals surface area contributed by atoms with E-state index in [0.29, 0.717) is 0 Å². The predicted octanol–water partition coefficient (Wildman–Crippen LogP) is 0.743. The van der Waals surface area contributed by atoms with Gasteiger partial charge in [0, 0.05) is 0 Å². The molecule has 3 heterocycles. The number of aliphatic hydroxyl groups is 2. The predicted molar refractivity (Wildman–Crippen MR) is 135 cm³/mol. The van der Waals surface area contributed by atoms with E-state index in [-0.39, 0.29) is 28.7 Å². The van der Waals surface area contributed by atoms with Gasteiger partial charge in [-0.05, 0) is 32.9 Å². The van der Waals surface area contributed by atoms with Crippen molar-refractivity contribution in [2.45, 2.75) is 57.5 Å². The van der Waals surface area contributed by atoms with Gasteiger partial charge in [-0.3, -0.25) is 13.9 Å². The average Bonchev–Trinajstić information content (AvgIpc) is 3.34. The number of carbonyl (C=O) groups excluding carboxylic acids is 1. The summed E-state index contributed by atoms with van der Waals surface area (Å²) < 4.78 is 37.1. The topological polar surface area (TPSA) is 219 Å². The van der Waals surface area contributed by atoms with Gasteiger partial charge in [0.1, 0.15) is 36.4 Å². The lowest BCUT2D eigenvalue weighted by Crippen LogP contribution is -2.38. The standard InChI is InChI=1S/C22H30N7O8P/c1-11(2)35-21(32)12(3)28-38(33,37-13-7-5-4-6-8-13)34-9-14-16(30)17(31)20(36-14)29-19-15(27-22(29)24)18(23)25-10-26-19/h4-8,10-12,14,16-17,20,30-31H,9H2,1-3H3,(H2,24,27)(H,28,33)(H2,23,25,26)/t12-,14-,16-,17-,20-,38?/m1/s1. The summed E-state index contributed by atoms with van der Waals surface area (Å²) in [5, 5.41) is 24.0. The Bertz CT molecular complexity index is 1320. The number of imidazole rings is 1. The molecule has 1 aromatic carbocycles. The number of hydrogen-bond donors (Lipinski definition) is 5. The van der Waals surface area contributed by atoms with Crippen molar-refractivity contribution in [2.75, 3.05) is 18.1 Å². The van der Waals surface area contributed by atoms with E-state index in [2.05, 4.69) is 20.0 Å². The zero-order chi connectivity index (χ0) is 27.6. The number of rotatable bonds is 10. The van der Waals surface area contributed by atoms with Crippen molar-refractivity contribution < 1.29 is 38.1 Å². The van der Waals surface area contributed by atoms with Crippen LogP contribution in [0.15, 0.2) is 36.7 Å². The molecule has 1 fully saturated rings. The molecule has 0 saturated carbocycles. The number of ether oxygens (including phenoxy) is 2. The third-order valence-electron chi connectivity index (χ3n) is 5.56. The molecular weight excluding hydrogens is 521 g/mol. The summed E-state index contributed by atoms with van der Waals surface area (Å²) in [5.74, 6) is -0.476. The maximum Gasteiger partial charge on any atom is 0.459 e. The molecule has 0 radical (unpaired) electrons. The van der Waals surface area contributed by atoms with Crippen molar-refractivity contribution in [3.63, 3.8) is 0 Å². The van der Waals surface area contributed by atoms with Gasteiger partial charge >= 0.3 is 13.7 Å². The first-order chi connectivity index (χ1) is 18.0. The lowest BCUT2D eigenvalue weighted by Gasteiger charge is -2.25. The number of nitrogens with one attached hydrogen (secondary N) is 1. The highest BCUT2D eigenvalue weighted by molar-refractivity contribution is 7.52. The number of para-hydroxylation sites is 1. The van der Waals surface area contributed by atoms with Gasteiger partial charge in [0.05, 0.1) is 12.7 Å². The second-order valence-corrected chi connectivity index (χ2v) is 10.5. The van der Waals surface area contributed by atoms with Gasteiger partial charge in [0.15, 0.2) is 23.2 Å². The summed E-state index contributed by atoms with van der Waals surface area (Å²) in [6.07, 6.45) is -4.57. The molecule has 3 aromatic rings. The molecule has 0 aliphatic carbocycles. The van der Waals surface area contributed by atoms with Crippen LogP contribution in [0.5, 0.6) is 5.75 Å². The average molecular weight is 551 g/mol. The summed E-state index contributed by atoms with van der Waals surface area (Å²) in [4.78, 5) is 24.4. The number of carbonyl (C=O) groups is 1. The van der Waals surface area contributed by atoms with Gasteiger partial charge in [-0.2, -0.15) is 5.09 Å².